The summed E-state index contributed by atoms with van der Waals surface area (Å²) in [6.45, 7) is 4.64. The standard InChI is InChI=1S/C16H22N4/c1-10-7-11(2)9-12(8-10)18-16-15(17)19-13-5-3-4-6-14(13)20-16/h3-6,10-12H,7-9H2,1-2H3,(H2,17,19)(H,18,20). The normalized spacial score (nSPS) is 26.6. The van der Waals surface area contributed by atoms with Crippen LogP contribution in [-0.4, -0.2) is 16.0 Å². The molecule has 1 aliphatic carbocycles. The molecule has 0 amide bonds. The average Bonchev–Trinajstić information content (AvgIpc) is 2.38. The fourth-order valence-corrected chi connectivity index (χ4v) is 3.38. The van der Waals surface area contributed by atoms with Crippen molar-refractivity contribution in [1.29, 1.82) is 0 Å². The van der Waals surface area contributed by atoms with E-state index in [2.05, 4.69) is 29.1 Å². The molecule has 1 aromatic carbocycles. The predicted octanol–water partition coefficient (Wildman–Crippen LogP) is 3.45. The van der Waals surface area contributed by atoms with Crippen molar-refractivity contribution in [3.05, 3.63) is 24.3 Å². The fraction of sp³-hybridized carbons (Fsp3) is 0.500. The first kappa shape index (κ1) is 13.2. The smallest absolute Gasteiger partial charge is 0.169 e. The Morgan fingerprint density at radius 1 is 1.00 bits per heavy atom. The quantitative estimate of drug-likeness (QED) is 0.877. The van der Waals surface area contributed by atoms with Crippen molar-refractivity contribution in [2.45, 2.75) is 39.2 Å². The minimum Gasteiger partial charge on any atom is -0.381 e. The number of para-hydroxylation sites is 2. The van der Waals surface area contributed by atoms with Crippen LogP contribution in [0.15, 0.2) is 24.3 Å². The van der Waals surface area contributed by atoms with E-state index in [9.17, 15) is 0 Å². The number of nitrogen functional groups attached to an aromatic ring is 1. The van der Waals surface area contributed by atoms with Gasteiger partial charge in [-0.1, -0.05) is 26.0 Å². The van der Waals surface area contributed by atoms with Crippen molar-refractivity contribution in [3.63, 3.8) is 0 Å². The molecule has 4 heteroatoms. The van der Waals surface area contributed by atoms with E-state index in [-0.39, 0.29) is 0 Å². The van der Waals surface area contributed by atoms with Crippen LogP contribution in [0.25, 0.3) is 11.0 Å². The van der Waals surface area contributed by atoms with Gasteiger partial charge in [0.2, 0.25) is 0 Å². The first-order valence-electron chi connectivity index (χ1n) is 7.40. The molecule has 1 aliphatic rings. The lowest BCUT2D eigenvalue weighted by Gasteiger charge is -2.32. The number of benzene rings is 1. The van der Waals surface area contributed by atoms with E-state index in [1.165, 1.54) is 19.3 Å². The molecule has 0 aliphatic heterocycles. The third kappa shape index (κ3) is 2.69. The van der Waals surface area contributed by atoms with Crippen LogP contribution in [0.5, 0.6) is 0 Å². The monoisotopic (exact) mass is 270 g/mol. The van der Waals surface area contributed by atoms with Crippen molar-refractivity contribution >= 4 is 22.7 Å². The van der Waals surface area contributed by atoms with E-state index >= 15 is 0 Å². The van der Waals surface area contributed by atoms with Gasteiger partial charge in [0.1, 0.15) is 0 Å². The molecule has 0 spiro atoms. The Labute approximate surface area is 119 Å². The van der Waals surface area contributed by atoms with Gasteiger partial charge in [-0.15, -0.1) is 0 Å². The highest BCUT2D eigenvalue weighted by Crippen LogP contribution is 2.31. The maximum absolute atomic E-state index is 6.04. The summed E-state index contributed by atoms with van der Waals surface area (Å²) >= 11 is 0. The number of nitrogens with zero attached hydrogens (tertiary/aromatic N) is 2. The van der Waals surface area contributed by atoms with Crippen LogP contribution in [-0.2, 0) is 0 Å². The van der Waals surface area contributed by atoms with E-state index in [0.717, 1.165) is 28.7 Å². The molecule has 4 nitrogen and oxygen atoms in total. The Balaban J connectivity index is 1.85. The van der Waals surface area contributed by atoms with Crippen LogP contribution < -0.4 is 11.1 Å². The number of aromatic nitrogens is 2. The zero-order valence-corrected chi connectivity index (χ0v) is 12.1. The van der Waals surface area contributed by atoms with Crippen molar-refractivity contribution < 1.29 is 0 Å². The summed E-state index contributed by atoms with van der Waals surface area (Å²) in [5, 5.41) is 3.50. The lowest BCUT2D eigenvalue weighted by Crippen LogP contribution is -2.31. The van der Waals surface area contributed by atoms with Crippen LogP contribution >= 0.6 is 0 Å². The molecule has 1 aromatic heterocycles. The maximum atomic E-state index is 6.04. The first-order valence-corrected chi connectivity index (χ1v) is 7.40. The van der Waals surface area contributed by atoms with E-state index in [4.69, 9.17) is 5.73 Å². The highest BCUT2D eigenvalue weighted by molar-refractivity contribution is 5.79. The fourth-order valence-electron chi connectivity index (χ4n) is 3.38. The Kier molecular flexibility index (Phi) is 3.47. The number of fused-ring (bicyclic) bond motifs is 1. The highest BCUT2D eigenvalue weighted by Gasteiger charge is 2.24. The van der Waals surface area contributed by atoms with Gasteiger partial charge in [0.05, 0.1) is 11.0 Å². The van der Waals surface area contributed by atoms with Crippen LogP contribution in [0.3, 0.4) is 0 Å². The SMILES string of the molecule is CC1CC(C)CC(Nc2nc3ccccc3nc2N)C1. The molecule has 2 unspecified atom stereocenters. The summed E-state index contributed by atoms with van der Waals surface area (Å²) in [7, 11) is 0. The van der Waals surface area contributed by atoms with Gasteiger partial charge in [0.15, 0.2) is 11.6 Å². The molecule has 0 radical (unpaired) electrons. The lowest BCUT2D eigenvalue weighted by atomic mass is 9.80. The molecule has 1 saturated carbocycles. The van der Waals surface area contributed by atoms with Gasteiger partial charge in [-0.25, -0.2) is 9.97 Å². The van der Waals surface area contributed by atoms with Crippen molar-refractivity contribution in [2.75, 3.05) is 11.1 Å². The van der Waals surface area contributed by atoms with Gasteiger partial charge in [-0.2, -0.15) is 0 Å². The zero-order valence-electron chi connectivity index (χ0n) is 12.1. The Morgan fingerprint density at radius 3 is 2.25 bits per heavy atom. The zero-order chi connectivity index (χ0) is 14.1. The summed E-state index contributed by atoms with van der Waals surface area (Å²) in [6.07, 6.45) is 3.67. The Hall–Kier alpha value is -1.84. The minimum absolute atomic E-state index is 0.450. The Bertz CT molecular complexity index is 600. The molecule has 106 valence electrons. The largest absolute Gasteiger partial charge is 0.381 e. The topological polar surface area (TPSA) is 63.8 Å². The second kappa shape index (κ2) is 5.27. The van der Waals surface area contributed by atoms with Crippen LogP contribution in [0.4, 0.5) is 11.6 Å². The molecule has 2 aromatic rings. The predicted molar refractivity (Wildman–Crippen MR) is 83.5 cm³/mol. The second-order valence-electron chi connectivity index (χ2n) is 6.20. The number of nitrogens with one attached hydrogen (secondary N) is 1. The number of rotatable bonds is 2. The molecule has 3 rings (SSSR count). The third-order valence-corrected chi connectivity index (χ3v) is 4.12. The van der Waals surface area contributed by atoms with Gasteiger partial charge >= 0.3 is 0 Å². The average molecular weight is 270 g/mol. The molecule has 20 heavy (non-hydrogen) atoms. The highest BCUT2D eigenvalue weighted by atomic mass is 15.1. The van der Waals surface area contributed by atoms with Crippen LogP contribution in [0, 0.1) is 11.8 Å². The molecule has 1 fully saturated rings. The van der Waals surface area contributed by atoms with Crippen molar-refractivity contribution in [3.8, 4) is 0 Å². The van der Waals surface area contributed by atoms with E-state index in [0.29, 0.717) is 11.9 Å². The summed E-state index contributed by atoms with van der Waals surface area (Å²) < 4.78 is 0. The summed E-state index contributed by atoms with van der Waals surface area (Å²) in [6, 6.07) is 8.29. The van der Waals surface area contributed by atoms with Gasteiger partial charge in [0.25, 0.3) is 0 Å². The molecule has 1 heterocycles. The van der Waals surface area contributed by atoms with E-state index < -0.39 is 0 Å². The van der Waals surface area contributed by atoms with Gasteiger partial charge in [0, 0.05) is 6.04 Å². The summed E-state index contributed by atoms with van der Waals surface area (Å²) in [4.78, 5) is 9.05. The molecule has 0 saturated heterocycles. The van der Waals surface area contributed by atoms with Crippen LogP contribution in [0.1, 0.15) is 33.1 Å². The number of hydrogen-bond acceptors (Lipinski definition) is 4. The molecule has 0 bridgehead atoms. The third-order valence-electron chi connectivity index (χ3n) is 4.12. The Morgan fingerprint density at radius 2 is 1.60 bits per heavy atom. The lowest BCUT2D eigenvalue weighted by molar-refractivity contribution is 0.280. The van der Waals surface area contributed by atoms with E-state index in [1.54, 1.807) is 0 Å². The second-order valence-corrected chi connectivity index (χ2v) is 6.20. The van der Waals surface area contributed by atoms with Crippen molar-refractivity contribution in [2.24, 2.45) is 11.8 Å². The molecule has 3 N–H and O–H groups in total. The van der Waals surface area contributed by atoms with Crippen molar-refractivity contribution in [1.82, 2.24) is 9.97 Å². The molecular weight excluding hydrogens is 248 g/mol. The van der Waals surface area contributed by atoms with Gasteiger partial charge < -0.3 is 11.1 Å². The maximum Gasteiger partial charge on any atom is 0.169 e. The number of anilines is 2. The summed E-state index contributed by atoms with van der Waals surface area (Å²) in [5.74, 6) is 2.74. The summed E-state index contributed by atoms with van der Waals surface area (Å²) in [5.41, 5.74) is 7.78. The number of nitrogens with two attached hydrogens (primary N) is 1. The first-order chi connectivity index (χ1) is 9.61. The van der Waals surface area contributed by atoms with Gasteiger partial charge in [-0.3, -0.25) is 0 Å². The van der Waals surface area contributed by atoms with E-state index in [1.807, 2.05) is 24.3 Å². The van der Waals surface area contributed by atoms with Gasteiger partial charge in [-0.05, 0) is 43.2 Å². The molecular formula is C16H22N4. The molecule has 2 atom stereocenters. The minimum atomic E-state index is 0.450. The van der Waals surface area contributed by atoms with Crippen LogP contribution in [0.2, 0.25) is 0 Å². The number of hydrogen-bond donors (Lipinski definition) is 2.